The Morgan fingerprint density at radius 3 is 2.52 bits per heavy atom. The van der Waals surface area contributed by atoms with Gasteiger partial charge in [0, 0.05) is 20.0 Å². The van der Waals surface area contributed by atoms with E-state index in [1.165, 1.54) is 13.1 Å². The molecule has 0 aliphatic carbocycles. The average molecular weight is 314 g/mol. The molecule has 0 radical (unpaired) electrons. The lowest BCUT2D eigenvalue weighted by Crippen LogP contribution is -2.40. The number of amides is 2. The van der Waals surface area contributed by atoms with Crippen LogP contribution in [0.25, 0.3) is 5.69 Å². The number of carbonyl (C=O) groups excluding carboxylic acids is 2. The topological polar surface area (TPSA) is 76.5 Å². The summed E-state index contributed by atoms with van der Waals surface area (Å²) in [5.74, 6) is -0.0156. The van der Waals surface area contributed by atoms with Crippen LogP contribution in [0.15, 0.2) is 36.5 Å². The molecule has 0 saturated carbocycles. The molecule has 120 valence electrons. The molecule has 1 aliphatic heterocycles. The van der Waals surface area contributed by atoms with Crippen LogP contribution in [-0.2, 0) is 9.53 Å². The number of anilines is 1. The molecule has 1 aliphatic rings. The Labute approximate surface area is 133 Å². The summed E-state index contributed by atoms with van der Waals surface area (Å²) in [6.45, 7) is 3.52. The highest BCUT2D eigenvalue weighted by Gasteiger charge is 2.25. The van der Waals surface area contributed by atoms with Crippen molar-refractivity contribution in [1.29, 1.82) is 0 Å². The van der Waals surface area contributed by atoms with Crippen molar-refractivity contribution in [3.63, 3.8) is 0 Å². The van der Waals surface area contributed by atoms with Gasteiger partial charge >= 0.3 is 0 Å². The van der Waals surface area contributed by atoms with E-state index in [-0.39, 0.29) is 11.8 Å². The third-order valence-corrected chi connectivity index (χ3v) is 3.59. The largest absolute Gasteiger partial charge is 0.378 e. The molecule has 1 N–H and O–H groups in total. The van der Waals surface area contributed by atoms with Crippen molar-refractivity contribution < 1.29 is 14.3 Å². The lowest BCUT2D eigenvalue weighted by molar-refractivity contribution is -0.114. The van der Waals surface area contributed by atoms with Crippen molar-refractivity contribution in [2.24, 2.45) is 0 Å². The molecule has 0 bridgehead atoms. The quantitative estimate of drug-likeness (QED) is 0.926. The number of hydrogen-bond donors (Lipinski definition) is 1. The van der Waals surface area contributed by atoms with E-state index in [9.17, 15) is 9.59 Å². The number of morpholine rings is 1. The number of nitrogens with one attached hydrogen (secondary N) is 1. The summed E-state index contributed by atoms with van der Waals surface area (Å²) < 4.78 is 6.84. The van der Waals surface area contributed by atoms with E-state index < -0.39 is 0 Å². The van der Waals surface area contributed by atoms with Crippen LogP contribution < -0.4 is 5.32 Å². The maximum Gasteiger partial charge on any atom is 0.259 e. The second kappa shape index (κ2) is 6.62. The van der Waals surface area contributed by atoms with Crippen LogP contribution in [0.4, 0.5) is 5.82 Å². The van der Waals surface area contributed by atoms with Crippen LogP contribution >= 0.6 is 0 Å². The Hall–Kier alpha value is -2.67. The predicted molar refractivity (Wildman–Crippen MR) is 84.6 cm³/mol. The molecule has 7 heteroatoms. The van der Waals surface area contributed by atoms with Crippen LogP contribution in [0.1, 0.15) is 17.3 Å². The minimum absolute atomic E-state index is 0.153. The summed E-state index contributed by atoms with van der Waals surface area (Å²) in [6.07, 6.45) is 1.50. The molecule has 23 heavy (non-hydrogen) atoms. The van der Waals surface area contributed by atoms with Gasteiger partial charge in [-0.2, -0.15) is 5.10 Å². The summed E-state index contributed by atoms with van der Waals surface area (Å²) in [5.41, 5.74) is 1.16. The van der Waals surface area contributed by atoms with E-state index in [1.807, 2.05) is 30.3 Å². The highest BCUT2D eigenvalue weighted by Crippen LogP contribution is 2.22. The van der Waals surface area contributed by atoms with E-state index in [4.69, 9.17) is 4.74 Å². The molecule has 1 aromatic heterocycles. The fourth-order valence-electron chi connectivity index (χ4n) is 2.49. The molecule has 2 heterocycles. The van der Waals surface area contributed by atoms with E-state index >= 15 is 0 Å². The second-order valence-corrected chi connectivity index (χ2v) is 5.24. The van der Waals surface area contributed by atoms with Crippen molar-refractivity contribution in [2.45, 2.75) is 6.92 Å². The molecule has 2 aromatic rings. The Balaban J connectivity index is 1.98. The number of hydrogen-bond acceptors (Lipinski definition) is 4. The second-order valence-electron chi connectivity index (χ2n) is 5.24. The van der Waals surface area contributed by atoms with Gasteiger partial charge in [0.1, 0.15) is 11.4 Å². The number of nitrogens with zero attached hydrogens (tertiary/aromatic N) is 3. The first-order valence-electron chi connectivity index (χ1n) is 7.45. The minimum atomic E-state index is -0.251. The van der Waals surface area contributed by atoms with Gasteiger partial charge in [0.2, 0.25) is 5.91 Å². The molecule has 7 nitrogen and oxygen atoms in total. The highest BCUT2D eigenvalue weighted by molar-refractivity contribution is 6.02. The van der Waals surface area contributed by atoms with Gasteiger partial charge in [-0.25, -0.2) is 4.68 Å². The lowest BCUT2D eigenvalue weighted by Gasteiger charge is -2.26. The van der Waals surface area contributed by atoms with Crippen molar-refractivity contribution in [3.8, 4) is 5.69 Å². The van der Waals surface area contributed by atoms with Crippen LogP contribution in [0, 0.1) is 0 Å². The number of rotatable bonds is 3. The molecule has 2 amide bonds. The van der Waals surface area contributed by atoms with Crippen LogP contribution in [0.3, 0.4) is 0 Å². The van der Waals surface area contributed by atoms with Crippen molar-refractivity contribution in [3.05, 3.63) is 42.1 Å². The van der Waals surface area contributed by atoms with E-state index in [2.05, 4.69) is 10.4 Å². The average Bonchev–Trinajstić information content (AvgIpc) is 2.98. The Morgan fingerprint density at radius 2 is 1.87 bits per heavy atom. The minimum Gasteiger partial charge on any atom is -0.378 e. The summed E-state index contributed by atoms with van der Waals surface area (Å²) in [4.78, 5) is 26.0. The van der Waals surface area contributed by atoms with E-state index in [0.29, 0.717) is 37.7 Å². The van der Waals surface area contributed by atoms with Crippen molar-refractivity contribution in [1.82, 2.24) is 14.7 Å². The number of aromatic nitrogens is 2. The Bertz CT molecular complexity index is 705. The van der Waals surface area contributed by atoms with Gasteiger partial charge in [0.05, 0.1) is 25.1 Å². The smallest absolute Gasteiger partial charge is 0.259 e. The highest BCUT2D eigenvalue weighted by atomic mass is 16.5. The van der Waals surface area contributed by atoms with Crippen molar-refractivity contribution >= 4 is 17.6 Å². The number of para-hydroxylation sites is 1. The normalized spacial score (nSPS) is 14.6. The molecular weight excluding hydrogens is 296 g/mol. The number of ether oxygens (including phenoxy) is 1. The molecule has 0 unspecified atom stereocenters. The first kappa shape index (κ1) is 15.2. The predicted octanol–water partition coefficient (Wildman–Crippen LogP) is 1.30. The fraction of sp³-hybridized carbons (Fsp3) is 0.312. The third-order valence-electron chi connectivity index (χ3n) is 3.59. The van der Waals surface area contributed by atoms with Gasteiger partial charge in [0.15, 0.2) is 0 Å². The van der Waals surface area contributed by atoms with E-state index in [0.717, 1.165) is 5.69 Å². The van der Waals surface area contributed by atoms with Crippen LogP contribution in [0.2, 0.25) is 0 Å². The maximum absolute atomic E-state index is 12.7. The molecular formula is C16H18N4O3. The Morgan fingerprint density at radius 1 is 1.17 bits per heavy atom. The third kappa shape index (κ3) is 3.24. The molecule has 3 rings (SSSR count). The fourth-order valence-corrected chi connectivity index (χ4v) is 2.49. The zero-order chi connectivity index (χ0) is 16.2. The lowest BCUT2D eigenvalue weighted by atomic mass is 10.2. The Kier molecular flexibility index (Phi) is 4.38. The van der Waals surface area contributed by atoms with Crippen LogP contribution in [0.5, 0.6) is 0 Å². The molecule has 1 aromatic carbocycles. The SMILES string of the molecule is CC(=O)Nc1c(C(=O)N2CCOCC2)cnn1-c1ccccc1. The summed E-state index contributed by atoms with van der Waals surface area (Å²) in [6, 6.07) is 9.36. The standard InChI is InChI=1S/C16H18N4O3/c1-12(21)18-15-14(16(22)19-7-9-23-10-8-19)11-17-20(15)13-5-3-2-4-6-13/h2-6,11H,7-10H2,1H3,(H,18,21). The van der Waals surface area contributed by atoms with Gasteiger partial charge in [-0.15, -0.1) is 0 Å². The van der Waals surface area contributed by atoms with Gasteiger partial charge in [-0.1, -0.05) is 18.2 Å². The zero-order valence-electron chi connectivity index (χ0n) is 12.9. The molecule has 1 fully saturated rings. The molecule has 0 atom stereocenters. The van der Waals surface area contributed by atoms with Crippen molar-refractivity contribution in [2.75, 3.05) is 31.6 Å². The first-order chi connectivity index (χ1) is 11.2. The maximum atomic E-state index is 12.7. The van der Waals surface area contributed by atoms with Gasteiger partial charge in [0.25, 0.3) is 5.91 Å². The van der Waals surface area contributed by atoms with Gasteiger partial charge in [-0.05, 0) is 12.1 Å². The zero-order valence-corrected chi connectivity index (χ0v) is 12.9. The molecule has 0 spiro atoms. The summed E-state index contributed by atoms with van der Waals surface area (Å²) in [5, 5.41) is 7.00. The number of benzene rings is 1. The van der Waals surface area contributed by atoms with Gasteiger partial charge in [-0.3, -0.25) is 9.59 Å². The molecule has 1 saturated heterocycles. The number of carbonyl (C=O) groups is 2. The summed E-state index contributed by atoms with van der Waals surface area (Å²) in [7, 11) is 0. The monoisotopic (exact) mass is 314 g/mol. The first-order valence-corrected chi connectivity index (χ1v) is 7.45. The van der Waals surface area contributed by atoms with Crippen LogP contribution in [-0.4, -0.2) is 52.8 Å². The summed E-state index contributed by atoms with van der Waals surface area (Å²) >= 11 is 0. The van der Waals surface area contributed by atoms with E-state index in [1.54, 1.807) is 9.58 Å². The van der Waals surface area contributed by atoms with Gasteiger partial charge < -0.3 is 15.0 Å².